The molecule has 0 radical (unpaired) electrons. The minimum Gasteiger partial charge on any atom is -0.396 e. The first-order chi connectivity index (χ1) is 12.3. The molecule has 0 amide bonds. The molecule has 1 saturated heterocycles. The van der Waals surface area contributed by atoms with Gasteiger partial charge < -0.3 is 14.7 Å². The SMILES string of the molecule is OCCCN1CCC2(CC1)OCCc1cnc(-c3ccccc3)nc12. The van der Waals surface area contributed by atoms with Crippen LogP contribution in [0.2, 0.25) is 0 Å². The van der Waals surface area contributed by atoms with Crippen LogP contribution in [0.15, 0.2) is 36.5 Å². The third-order valence-corrected chi connectivity index (χ3v) is 5.37. The third kappa shape index (κ3) is 3.32. The Bertz CT molecular complexity index is 712. The number of aliphatic hydroxyl groups is 1. The van der Waals surface area contributed by atoms with Crippen molar-refractivity contribution >= 4 is 0 Å². The molecule has 132 valence electrons. The van der Waals surface area contributed by atoms with E-state index in [0.717, 1.165) is 69.0 Å². The fourth-order valence-corrected chi connectivity index (χ4v) is 3.95. The van der Waals surface area contributed by atoms with Crippen LogP contribution < -0.4 is 0 Å². The van der Waals surface area contributed by atoms with E-state index >= 15 is 0 Å². The summed E-state index contributed by atoms with van der Waals surface area (Å²) in [5, 5.41) is 9.04. The number of aromatic nitrogens is 2. The van der Waals surface area contributed by atoms with Crippen LogP contribution in [0.25, 0.3) is 11.4 Å². The summed E-state index contributed by atoms with van der Waals surface area (Å²) in [6, 6.07) is 10.1. The zero-order valence-corrected chi connectivity index (χ0v) is 14.5. The topological polar surface area (TPSA) is 58.5 Å². The molecule has 0 saturated carbocycles. The predicted octanol–water partition coefficient (Wildman–Crippen LogP) is 2.39. The zero-order valence-electron chi connectivity index (χ0n) is 14.5. The Hall–Kier alpha value is -1.82. The minimum absolute atomic E-state index is 0.259. The van der Waals surface area contributed by atoms with Crippen LogP contribution in [0, 0.1) is 0 Å². The molecule has 3 heterocycles. The van der Waals surface area contributed by atoms with Crippen molar-refractivity contribution in [2.75, 3.05) is 32.8 Å². The molecule has 0 unspecified atom stereocenters. The Morgan fingerprint density at radius 3 is 2.72 bits per heavy atom. The quantitative estimate of drug-likeness (QED) is 0.927. The van der Waals surface area contributed by atoms with Gasteiger partial charge in [-0.05, 0) is 31.2 Å². The summed E-state index contributed by atoms with van der Waals surface area (Å²) >= 11 is 0. The van der Waals surface area contributed by atoms with Gasteiger partial charge in [-0.15, -0.1) is 0 Å². The summed E-state index contributed by atoms with van der Waals surface area (Å²) in [4.78, 5) is 12.0. The van der Waals surface area contributed by atoms with Crippen molar-refractivity contribution in [3.8, 4) is 11.4 Å². The van der Waals surface area contributed by atoms with Crippen molar-refractivity contribution in [2.45, 2.75) is 31.3 Å². The molecule has 0 bridgehead atoms. The number of aliphatic hydroxyl groups excluding tert-OH is 1. The maximum Gasteiger partial charge on any atom is 0.159 e. The Morgan fingerprint density at radius 1 is 1.16 bits per heavy atom. The Morgan fingerprint density at radius 2 is 1.96 bits per heavy atom. The fraction of sp³-hybridized carbons (Fsp3) is 0.500. The van der Waals surface area contributed by atoms with Gasteiger partial charge in [0.15, 0.2) is 5.82 Å². The van der Waals surface area contributed by atoms with Crippen molar-refractivity contribution in [1.82, 2.24) is 14.9 Å². The Kier molecular flexibility index (Phi) is 4.79. The average molecular weight is 339 g/mol. The maximum absolute atomic E-state index is 9.04. The summed E-state index contributed by atoms with van der Waals surface area (Å²) in [7, 11) is 0. The van der Waals surface area contributed by atoms with E-state index in [1.165, 1.54) is 5.56 Å². The molecule has 5 heteroatoms. The van der Waals surface area contributed by atoms with Crippen LogP contribution >= 0.6 is 0 Å². The number of ether oxygens (including phenoxy) is 1. The number of nitrogens with zero attached hydrogens (tertiary/aromatic N) is 3. The Labute approximate surface area is 148 Å². The van der Waals surface area contributed by atoms with Crippen molar-refractivity contribution in [3.63, 3.8) is 0 Å². The molecule has 2 aliphatic rings. The fourth-order valence-electron chi connectivity index (χ4n) is 3.95. The molecular weight excluding hydrogens is 314 g/mol. The number of rotatable bonds is 4. The van der Waals surface area contributed by atoms with E-state index in [1.54, 1.807) is 0 Å². The first kappa shape index (κ1) is 16.6. The van der Waals surface area contributed by atoms with Gasteiger partial charge in [-0.1, -0.05) is 30.3 Å². The highest BCUT2D eigenvalue weighted by atomic mass is 16.5. The number of fused-ring (bicyclic) bond motifs is 2. The molecule has 0 atom stereocenters. The van der Waals surface area contributed by atoms with Gasteiger partial charge in [-0.3, -0.25) is 0 Å². The van der Waals surface area contributed by atoms with Gasteiger partial charge in [0.05, 0.1) is 12.3 Å². The van der Waals surface area contributed by atoms with E-state index in [1.807, 2.05) is 24.4 Å². The highest BCUT2D eigenvalue weighted by molar-refractivity contribution is 5.55. The normalized spacial score (nSPS) is 19.7. The number of likely N-dealkylation sites (tertiary alicyclic amines) is 1. The van der Waals surface area contributed by atoms with Gasteiger partial charge in [-0.25, -0.2) is 9.97 Å². The van der Waals surface area contributed by atoms with Gasteiger partial charge in [0.2, 0.25) is 0 Å². The summed E-state index contributed by atoms with van der Waals surface area (Å²) in [5.41, 5.74) is 3.10. The third-order valence-electron chi connectivity index (χ3n) is 5.37. The maximum atomic E-state index is 9.04. The molecule has 1 aromatic heterocycles. The van der Waals surface area contributed by atoms with Crippen LogP contribution in [0.3, 0.4) is 0 Å². The van der Waals surface area contributed by atoms with Gasteiger partial charge >= 0.3 is 0 Å². The van der Waals surface area contributed by atoms with Crippen molar-refractivity contribution in [3.05, 3.63) is 47.8 Å². The molecule has 1 fully saturated rings. The summed E-state index contributed by atoms with van der Waals surface area (Å²) in [6.45, 7) is 3.94. The summed E-state index contributed by atoms with van der Waals surface area (Å²) in [6.07, 6.45) is 5.63. The van der Waals surface area contributed by atoms with E-state index in [-0.39, 0.29) is 12.2 Å². The van der Waals surface area contributed by atoms with E-state index < -0.39 is 0 Å². The molecule has 1 N–H and O–H groups in total. The molecule has 2 aromatic rings. The second kappa shape index (κ2) is 7.20. The van der Waals surface area contributed by atoms with E-state index in [2.05, 4.69) is 22.0 Å². The highest BCUT2D eigenvalue weighted by Gasteiger charge is 2.42. The zero-order chi connectivity index (χ0) is 17.1. The largest absolute Gasteiger partial charge is 0.396 e. The van der Waals surface area contributed by atoms with E-state index in [0.29, 0.717) is 0 Å². The lowest BCUT2D eigenvalue weighted by Crippen LogP contribution is -2.47. The first-order valence-corrected chi connectivity index (χ1v) is 9.20. The molecule has 1 spiro atoms. The molecular formula is C20H25N3O2. The first-order valence-electron chi connectivity index (χ1n) is 9.20. The van der Waals surface area contributed by atoms with Gasteiger partial charge in [0, 0.05) is 38.0 Å². The molecule has 2 aliphatic heterocycles. The molecule has 25 heavy (non-hydrogen) atoms. The second-order valence-electron chi connectivity index (χ2n) is 6.95. The molecule has 1 aromatic carbocycles. The van der Waals surface area contributed by atoms with Crippen LogP contribution in [0.5, 0.6) is 0 Å². The van der Waals surface area contributed by atoms with Gasteiger partial charge in [0.25, 0.3) is 0 Å². The van der Waals surface area contributed by atoms with E-state index in [9.17, 15) is 0 Å². The van der Waals surface area contributed by atoms with Crippen LogP contribution in [-0.4, -0.2) is 52.8 Å². The van der Waals surface area contributed by atoms with Crippen LogP contribution in [0.4, 0.5) is 0 Å². The monoisotopic (exact) mass is 339 g/mol. The van der Waals surface area contributed by atoms with Crippen LogP contribution in [0.1, 0.15) is 30.5 Å². The number of hydrogen-bond acceptors (Lipinski definition) is 5. The molecule has 5 nitrogen and oxygen atoms in total. The lowest BCUT2D eigenvalue weighted by molar-refractivity contribution is -0.101. The summed E-state index contributed by atoms with van der Waals surface area (Å²) < 4.78 is 6.31. The van der Waals surface area contributed by atoms with Gasteiger partial charge in [-0.2, -0.15) is 0 Å². The number of benzene rings is 1. The lowest BCUT2D eigenvalue weighted by Gasteiger charge is -2.44. The smallest absolute Gasteiger partial charge is 0.159 e. The van der Waals surface area contributed by atoms with Gasteiger partial charge in [0.1, 0.15) is 5.60 Å². The van der Waals surface area contributed by atoms with Crippen molar-refractivity contribution in [2.24, 2.45) is 0 Å². The Balaban J connectivity index is 1.61. The number of piperidine rings is 1. The molecule has 4 rings (SSSR count). The lowest BCUT2D eigenvalue weighted by atomic mass is 9.83. The molecule has 0 aliphatic carbocycles. The van der Waals surface area contributed by atoms with Crippen LogP contribution in [-0.2, 0) is 16.8 Å². The second-order valence-corrected chi connectivity index (χ2v) is 6.95. The summed E-state index contributed by atoms with van der Waals surface area (Å²) in [5.74, 6) is 0.784. The number of hydrogen-bond donors (Lipinski definition) is 1. The van der Waals surface area contributed by atoms with Crippen molar-refractivity contribution < 1.29 is 9.84 Å². The highest BCUT2D eigenvalue weighted by Crippen LogP contribution is 2.40. The van der Waals surface area contributed by atoms with E-state index in [4.69, 9.17) is 14.8 Å². The minimum atomic E-state index is -0.268. The standard InChI is InChI=1S/C20H25N3O2/c24-13-4-10-23-11-8-20(9-12-23)18-17(7-14-25-20)15-21-19(22-18)16-5-2-1-3-6-16/h1-3,5-6,15,24H,4,7-14H2. The predicted molar refractivity (Wildman–Crippen MR) is 96.2 cm³/mol. The van der Waals surface area contributed by atoms with Crippen molar-refractivity contribution in [1.29, 1.82) is 0 Å². The average Bonchev–Trinajstić information content (AvgIpc) is 2.68.